The standard InChI is InChI=1S/C16H16N2O5/c1-10-5-3-6-11(2)14(10)17-13(19)9-23-18-8-4-7-12(15(18)20)16(21)22/h3-8H,9H2,1-2H3,(H,17,19)(H,21,22). The largest absolute Gasteiger partial charge is 0.477 e. The molecule has 7 heteroatoms. The van der Waals surface area contributed by atoms with Crippen molar-refractivity contribution in [3.63, 3.8) is 0 Å². The molecule has 23 heavy (non-hydrogen) atoms. The van der Waals surface area contributed by atoms with Gasteiger partial charge in [0.1, 0.15) is 5.56 Å². The summed E-state index contributed by atoms with van der Waals surface area (Å²) in [5.74, 6) is -1.80. The van der Waals surface area contributed by atoms with E-state index < -0.39 is 29.6 Å². The van der Waals surface area contributed by atoms with Crippen LogP contribution < -0.4 is 15.7 Å². The number of hydrogen-bond donors (Lipinski definition) is 2. The highest BCUT2D eigenvalue weighted by atomic mass is 16.7. The Bertz CT molecular complexity index is 790. The van der Waals surface area contributed by atoms with Crippen molar-refractivity contribution in [3.05, 3.63) is 63.6 Å². The van der Waals surface area contributed by atoms with Gasteiger partial charge in [-0.15, -0.1) is 0 Å². The summed E-state index contributed by atoms with van der Waals surface area (Å²) in [5.41, 5.74) is 1.24. The molecule has 0 atom stereocenters. The van der Waals surface area contributed by atoms with Gasteiger partial charge in [0.25, 0.3) is 11.5 Å². The lowest BCUT2D eigenvalue weighted by Crippen LogP contribution is -2.34. The highest BCUT2D eigenvalue weighted by Crippen LogP contribution is 2.18. The Morgan fingerprint density at radius 2 is 1.83 bits per heavy atom. The number of carboxylic acids is 1. The van der Waals surface area contributed by atoms with E-state index in [9.17, 15) is 14.4 Å². The van der Waals surface area contributed by atoms with Gasteiger partial charge in [0, 0.05) is 11.9 Å². The second-order valence-electron chi connectivity index (χ2n) is 4.95. The van der Waals surface area contributed by atoms with Gasteiger partial charge in [-0.25, -0.2) is 4.79 Å². The van der Waals surface area contributed by atoms with Crippen molar-refractivity contribution in [2.24, 2.45) is 0 Å². The van der Waals surface area contributed by atoms with E-state index in [1.54, 1.807) is 0 Å². The number of aromatic carboxylic acids is 1. The third kappa shape index (κ3) is 3.76. The summed E-state index contributed by atoms with van der Waals surface area (Å²) in [7, 11) is 0. The van der Waals surface area contributed by atoms with Gasteiger partial charge in [-0.2, -0.15) is 4.73 Å². The third-order valence-corrected chi connectivity index (χ3v) is 3.23. The maximum absolute atomic E-state index is 12.0. The molecule has 1 aromatic carbocycles. The topological polar surface area (TPSA) is 97.6 Å². The fourth-order valence-electron chi connectivity index (χ4n) is 2.05. The zero-order valence-electron chi connectivity index (χ0n) is 12.7. The van der Waals surface area contributed by atoms with Crippen LogP contribution in [0.5, 0.6) is 0 Å². The van der Waals surface area contributed by atoms with Crippen molar-refractivity contribution in [2.75, 3.05) is 11.9 Å². The van der Waals surface area contributed by atoms with Gasteiger partial charge < -0.3 is 15.3 Å². The molecule has 0 radical (unpaired) electrons. The van der Waals surface area contributed by atoms with E-state index in [2.05, 4.69) is 5.32 Å². The van der Waals surface area contributed by atoms with Gasteiger partial charge in [-0.1, -0.05) is 18.2 Å². The van der Waals surface area contributed by atoms with Crippen molar-refractivity contribution in [1.29, 1.82) is 0 Å². The van der Waals surface area contributed by atoms with Crippen molar-refractivity contribution >= 4 is 17.6 Å². The molecule has 0 aliphatic heterocycles. The maximum atomic E-state index is 12.0. The Labute approximate surface area is 132 Å². The highest BCUT2D eigenvalue weighted by Gasteiger charge is 2.12. The number of nitrogens with one attached hydrogen (secondary N) is 1. The summed E-state index contributed by atoms with van der Waals surface area (Å²) < 4.78 is 0.730. The van der Waals surface area contributed by atoms with Crippen molar-refractivity contribution in [3.8, 4) is 0 Å². The van der Waals surface area contributed by atoms with E-state index in [1.165, 1.54) is 18.3 Å². The van der Waals surface area contributed by atoms with Crippen LogP contribution in [0.1, 0.15) is 21.5 Å². The molecule has 2 N–H and O–H groups in total. The summed E-state index contributed by atoms with van der Waals surface area (Å²) in [6, 6.07) is 8.14. The molecular formula is C16H16N2O5. The lowest BCUT2D eigenvalue weighted by Gasteiger charge is -2.12. The Kier molecular flexibility index (Phi) is 4.80. The zero-order valence-corrected chi connectivity index (χ0v) is 12.7. The summed E-state index contributed by atoms with van der Waals surface area (Å²) in [6.07, 6.45) is 1.25. The number of anilines is 1. The van der Waals surface area contributed by atoms with E-state index in [4.69, 9.17) is 9.94 Å². The fourth-order valence-corrected chi connectivity index (χ4v) is 2.05. The van der Waals surface area contributed by atoms with Crippen LogP contribution in [0.15, 0.2) is 41.3 Å². The second kappa shape index (κ2) is 6.78. The smallest absolute Gasteiger partial charge is 0.341 e. The first-order chi connectivity index (χ1) is 10.9. The molecule has 0 aliphatic rings. The number of rotatable bonds is 5. The van der Waals surface area contributed by atoms with Crippen LogP contribution in [0.25, 0.3) is 0 Å². The minimum atomic E-state index is -1.35. The first kappa shape index (κ1) is 16.3. The Hall–Kier alpha value is -3.09. The molecule has 0 spiro atoms. The molecule has 2 rings (SSSR count). The second-order valence-corrected chi connectivity index (χ2v) is 4.95. The van der Waals surface area contributed by atoms with Crippen molar-refractivity contribution < 1.29 is 19.5 Å². The zero-order chi connectivity index (χ0) is 17.0. The first-order valence-electron chi connectivity index (χ1n) is 6.84. The number of carboxylic acid groups (broad SMARTS) is 1. The quantitative estimate of drug-likeness (QED) is 0.864. The van der Waals surface area contributed by atoms with Gasteiger partial charge in [-0.3, -0.25) is 9.59 Å². The first-order valence-corrected chi connectivity index (χ1v) is 6.84. The highest BCUT2D eigenvalue weighted by molar-refractivity contribution is 5.93. The average molecular weight is 316 g/mol. The Morgan fingerprint density at radius 1 is 1.17 bits per heavy atom. The van der Waals surface area contributed by atoms with Crippen LogP contribution in [-0.2, 0) is 4.79 Å². The third-order valence-electron chi connectivity index (χ3n) is 3.23. The van der Waals surface area contributed by atoms with Crippen molar-refractivity contribution in [1.82, 2.24) is 4.73 Å². The molecule has 1 heterocycles. The predicted octanol–water partition coefficient (Wildman–Crippen LogP) is 1.23. The molecule has 1 aromatic heterocycles. The number of benzene rings is 1. The lowest BCUT2D eigenvalue weighted by molar-refractivity contribution is -0.120. The van der Waals surface area contributed by atoms with Crippen molar-refractivity contribution in [2.45, 2.75) is 13.8 Å². The number of pyridine rings is 1. The molecule has 0 fully saturated rings. The molecule has 0 saturated carbocycles. The van der Waals surface area contributed by atoms with Gasteiger partial charge in [0.05, 0.1) is 0 Å². The summed E-state index contributed by atoms with van der Waals surface area (Å²) in [6.45, 7) is 3.31. The van der Waals surface area contributed by atoms with Gasteiger partial charge >= 0.3 is 5.97 Å². The number of hydrogen-bond acceptors (Lipinski definition) is 4. The molecule has 7 nitrogen and oxygen atoms in total. The Morgan fingerprint density at radius 3 is 2.43 bits per heavy atom. The van der Waals surface area contributed by atoms with Crippen LogP contribution in [0, 0.1) is 13.8 Å². The van der Waals surface area contributed by atoms with E-state index in [-0.39, 0.29) is 0 Å². The molecular weight excluding hydrogens is 300 g/mol. The van der Waals surface area contributed by atoms with E-state index in [1.807, 2.05) is 32.0 Å². The summed E-state index contributed by atoms with van der Waals surface area (Å²) in [5, 5.41) is 11.6. The normalized spacial score (nSPS) is 10.2. The number of carbonyl (C=O) groups excluding carboxylic acids is 1. The molecule has 0 saturated heterocycles. The maximum Gasteiger partial charge on any atom is 0.341 e. The Balaban J connectivity index is 2.07. The van der Waals surface area contributed by atoms with E-state index in [0.29, 0.717) is 5.69 Å². The number of amides is 1. The molecule has 0 unspecified atom stereocenters. The van der Waals surface area contributed by atoms with E-state index >= 15 is 0 Å². The molecule has 0 bridgehead atoms. The van der Waals surface area contributed by atoms with Crippen LogP contribution in [0.2, 0.25) is 0 Å². The predicted molar refractivity (Wildman–Crippen MR) is 83.7 cm³/mol. The lowest BCUT2D eigenvalue weighted by atomic mass is 10.1. The summed E-state index contributed by atoms with van der Waals surface area (Å²) >= 11 is 0. The van der Waals surface area contributed by atoms with Gasteiger partial charge in [0.15, 0.2) is 6.61 Å². The number of aryl methyl sites for hydroxylation is 2. The van der Waals surface area contributed by atoms with Gasteiger partial charge in [-0.05, 0) is 37.1 Å². The SMILES string of the molecule is Cc1cccc(C)c1NC(=O)COn1cccc(C(=O)O)c1=O. The number of para-hydroxylation sites is 1. The number of nitrogens with zero attached hydrogens (tertiary/aromatic N) is 1. The fraction of sp³-hybridized carbons (Fsp3) is 0.188. The van der Waals surface area contributed by atoms with Crippen LogP contribution >= 0.6 is 0 Å². The molecule has 1 amide bonds. The number of aromatic nitrogens is 1. The average Bonchev–Trinajstić information content (AvgIpc) is 2.50. The molecule has 120 valence electrons. The minimum absolute atomic E-state index is 0.420. The minimum Gasteiger partial charge on any atom is -0.477 e. The van der Waals surface area contributed by atoms with E-state index in [0.717, 1.165) is 15.9 Å². The summed E-state index contributed by atoms with van der Waals surface area (Å²) in [4.78, 5) is 39.7. The monoisotopic (exact) mass is 316 g/mol. The van der Waals surface area contributed by atoms with Crippen LogP contribution in [0.3, 0.4) is 0 Å². The van der Waals surface area contributed by atoms with Crippen LogP contribution in [0.4, 0.5) is 5.69 Å². The number of carbonyl (C=O) groups is 2. The van der Waals surface area contributed by atoms with Gasteiger partial charge in [0.2, 0.25) is 0 Å². The van der Waals surface area contributed by atoms with Crippen LogP contribution in [-0.4, -0.2) is 28.3 Å². The molecule has 0 aliphatic carbocycles. The molecule has 2 aromatic rings.